The number of amides is 2. The van der Waals surface area contributed by atoms with E-state index in [1.54, 1.807) is 54.6 Å². The van der Waals surface area contributed by atoms with Crippen LogP contribution < -0.4 is 16.4 Å². The summed E-state index contributed by atoms with van der Waals surface area (Å²) in [6.07, 6.45) is 1.52. The fourth-order valence-corrected chi connectivity index (χ4v) is 3.56. The smallest absolute Gasteiger partial charge is 0.290 e. The van der Waals surface area contributed by atoms with E-state index < -0.39 is 11.8 Å². The van der Waals surface area contributed by atoms with Crippen molar-refractivity contribution in [2.45, 2.75) is 0 Å². The van der Waals surface area contributed by atoms with E-state index in [4.69, 9.17) is 4.42 Å². The number of carbonyl (C=O) groups excluding carboxylic acids is 2. The number of hydrazine groups is 1. The largest absolute Gasteiger partial charge is 0.463 e. The summed E-state index contributed by atoms with van der Waals surface area (Å²) in [5.74, 6) is -0.776. The number of hydrogen-bond acceptors (Lipinski definition) is 6. The van der Waals surface area contributed by atoms with Gasteiger partial charge < -0.3 is 4.42 Å². The zero-order valence-electron chi connectivity index (χ0n) is 17.9. The number of benzene rings is 2. The Morgan fingerprint density at radius 2 is 1.56 bits per heavy atom. The lowest BCUT2D eigenvalue weighted by molar-refractivity contribution is 0.0839. The van der Waals surface area contributed by atoms with Gasteiger partial charge in [-0.05, 0) is 30.3 Å². The Labute approximate surface area is 192 Å². The summed E-state index contributed by atoms with van der Waals surface area (Å²) in [5, 5.41) is 9.29. The first-order valence-corrected chi connectivity index (χ1v) is 10.3. The number of hydrogen-bond donors (Lipinski definition) is 2. The third kappa shape index (κ3) is 3.73. The summed E-state index contributed by atoms with van der Waals surface area (Å²) >= 11 is 0. The van der Waals surface area contributed by atoms with Crippen LogP contribution in [0.2, 0.25) is 0 Å². The molecule has 0 fully saturated rings. The van der Waals surface area contributed by atoms with Crippen molar-refractivity contribution >= 4 is 22.6 Å². The SMILES string of the molecule is Cn1nc(C(=O)NNC(=O)c2cc(-c3ccco3)nn2-c2ccccc2)c2ccccc2c1=O. The molecule has 10 heteroatoms. The van der Waals surface area contributed by atoms with Gasteiger partial charge in [-0.25, -0.2) is 9.36 Å². The summed E-state index contributed by atoms with van der Waals surface area (Å²) < 4.78 is 7.95. The molecule has 5 aromatic rings. The van der Waals surface area contributed by atoms with Crippen LogP contribution in [-0.4, -0.2) is 31.4 Å². The maximum Gasteiger partial charge on any atom is 0.290 e. The Morgan fingerprint density at radius 1 is 0.853 bits per heavy atom. The van der Waals surface area contributed by atoms with Crippen LogP contribution in [0.25, 0.3) is 27.9 Å². The second-order valence-corrected chi connectivity index (χ2v) is 7.37. The van der Waals surface area contributed by atoms with Gasteiger partial charge in [0, 0.05) is 18.5 Å². The van der Waals surface area contributed by atoms with E-state index in [9.17, 15) is 14.4 Å². The summed E-state index contributed by atoms with van der Waals surface area (Å²) in [7, 11) is 1.46. The molecule has 10 nitrogen and oxygen atoms in total. The fraction of sp³-hybridized carbons (Fsp3) is 0.0417. The Hall–Kier alpha value is -4.99. The molecule has 0 aliphatic rings. The van der Waals surface area contributed by atoms with E-state index in [0.29, 0.717) is 27.9 Å². The summed E-state index contributed by atoms with van der Waals surface area (Å²) in [4.78, 5) is 38.2. The van der Waals surface area contributed by atoms with Crippen molar-refractivity contribution in [1.82, 2.24) is 30.4 Å². The van der Waals surface area contributed by atoms with Crippen molar-refractivity contribution in [3.8, 4) is 17.1 Å². The lowest BCUT2D eigenvalue weighted by Crippen LogP contribution is -2.43. The number of para-hydroxylation sites is 1. The van der Waals surface area contributed by atoms with Gasteiger partial charge in [0.15, 0.2) is 11.5 Å². The number of furan rings is 1. The van der Waals surface area contributed by atoms with Crippen LogP contribution in [-0.2, 0) is 7.05 Å². The van der Waals surface area contributed by atoms with E-state index >= 15 is 0 Å². The van der Waals surface area contributed by atoms with Gasteiger partial charge in [-0.1, -0.05) is 36.4 Å². The van der Waals surface area contributed by atoms with Gasteiger partial charge in [-0.3, -0.25) is 25.2 Å². The van der Waals surface area contributed by atoms with E-state index in [1.165, 1.54) is 18.0 Å². The van der Waals surface area contributed by atoms with Gasteiger partial charge in [0.1, 0.15) is 11.4 Å². The molecule has 0 saturated carbocycles. The molecule has 0 atom stereocenters. The minimum Gasteiger partial charge on any atom is -0.463 e. The van der Waals surface area contributed by atoms with Gasteiger partial charge in [-0.2, -0.15) is 10.2 Å². The van der Waals surface area contributed by atoms with Crippen LogP contribution in [0.15, 0.2) is 88.3 Å². The third-order valence-corrected chi connectivity index (χ3v) is 5.18. The quantitative estimate of drug-likeness (QED) is 0.402. The average Bonchev–Trinajstić information content (AvgIpc) is 3.55. The van der Waals surface area contributed by atoms with Crippen LogP contribution >= 0.6 is 0 Å². The molecule has 5 rings (SSSR count). The van der Waals surface area contributed by atoms with Crippen LogP contribution in [0.3, 0.4) is 0 Å². The van der Waals surface area contributed by atoms with Gasteiger partial charge in [-0.15, -0.1) is 0 Å². The predicted molar refractivity (Wildman–Crippen MR) is 123 cm³/mol. The standard InChI is InChI=1S/C24H18N6O4/c1-29-24(33)17-11-6-5-10-16(17)21(28-29)23(32)26-25-22(31)19-14-18(20-12-7-13-34-20)27-30(19)15-8-3-2-4-9-15/h2-14H,1H3,(H,25,31)(H,26,32). The van der Waals surface area contributed by atoms with Gasteiger partial charge in [0.25, 0.3) is 17.4 Å². The molecule has 3 aromatic heterocycles. The summed E-state index contributed by atoms with van der Waals surface area (Å²) in [6.45, 7) is 0. The third-order valence-electron chi connectivity index (χ3n) is 5.18. The van der Waals surface area contributed by atoms with Gasteiger partial charge in [0.05, 0.1) is 17.3 Å². The number of aryl methyl sites for hydroxylation is 1. The zero-order valence-corrected chi connectivity index (χ0v) is 17.9. The second kappa shape index (κ2) is 8.51. The highest BCUT2D eigenvalue weighted by Gasteiger charge is 2.21. The van der Waals surface area contributed by atoms with Gasteiger partial charge in [0.2, 0.25) is 0 Å². The molecule has 34 heavy (non-hydrogen) atoms. The molecule has 0 spiro atoms. The van der Waals surface area contributed by atoms with E-state index in [0.717, 1.165) is 4.68 Å². The van der Waals surface area contributed by atoms with Gasteiger partial charge >= 0.3 is 0 Å². The first-order chi connectivity index (χ1) is 16.5. The number of aromatic nitrogens is 4. The molecular weight excluding hydrogens is 436 g/mol. The number of fused-ring (bicyclic) bond motifs is 1. The monoisotopic (exact) mass is 454 g/mol. The molecule has 0 unspecified atom stereocenters. The molecule has 2 aromatic carbocycles. The first kappa shape index (κ1) is 20.9. The molecule has 0 bridgehead atoms. The second-order valence-electron chi connectivity index (χ2n) is 7.37. The highest BCUT2D eigenvalue weighted by Crippen LogP contribution is 2.22. The molecule has 2 N–H and O–H groups in total. The Kier molecular flexibility index (Phi) is 5.23. The summed E-state index contributed by atoms with van der Waals surface area (Å²) in [5.41, 5.74) is 5.75. The lowest BCUT2D eigenvalue weighted by Gasteiger charge is -2.11. The highest BCUT2D eigenvalue weighted by atomic mass is 16.3. The Balaban J connectivity index is 1.44. The van der Waals surface area contributed by atoms with Crippen molar-refractivity contribution in [2.24, 2.45) is 7.05 Å². The lowest BCUT2D eigenvalue weighted by atomic mass is 10.1. The van der Waals surface area contributed by atoms with Crippen LogP contribution in [0.4, 0.5) is 0 Å². The Morgan fingerprint density at radius 3 is 2.29 bits per heavy atom. The first-order valence-electron chi connectivity index (χ1n) is 10.3. The van der Waals surface area contributed by atoms with Crippen molar-refractivity contribution in [3.05, 3.63) is 101 Å². The molecule has 0 aliphatic carbocycles. The molecular formula is C24H18N6O4. The van der Waals surface area contributed by atoms with Crippen molar-refractivity contribution in [1.29, 1.82) is 0 Å². The van der Waals surface area contributed by atoms with Crippen LogP contribution in [0, 0.1) is 0 Å². The molecule has 2 amide bonds. The Bertz CT molecular complexity index is 1570. The van der Waals surface area contributed by atoms with Crippen LogP contribution in [0.5, 0.6) is 0 Å². The number of carbonyl (C=O) groups is 2. The van der Waals surface area contributed by atoms with E-state index in [1.807, 2.05) is 18.2 Å². The maximum absolute atomic E-state index is 13.0. The number of nitrogens with zero attached hydrogens (tertiary/aromatic N) is 4. The molecule has 0 aliphatic heterocycles. The molecule has 0 saturated heterocycles. The summed E-state index contributed by atoms with van der Waals surface area (Å²) in [6, 6.07) is 20.8. The highest BCUT2D eigenvalue weighted by molar-refractivity contribution is 6.06. The fourth-order valence-electron chi connectivity index (χ4n) is 3.56. The zero-order chi connectivity index (χ0) is 23.7. The topological polar surface area (TPSA) is 124 Å². The predicted octanol–water partition coefficient (Wildman–Crippen LogP) is 2.45. The van der Waals surface area contributed by atoms with E-state index in [2.05, 4.69) is 21.0 Å². The minimum absolute atomic E-state index is 0.00541. The number of nitrogens with one attached hydrogen (secondary N) is 2. The normalized spacial score (nSPS) is 10.9. The minimum atomic E-state index is -0.669. The molecule has 0 radical (unpaired) electrons. The molecule has 168 valence electrons. The maximum atomic E-state index is 13.0. The molecule has 3 heterocycles. The average molecular weight is 454 g/mol. The van der Waals surface area contributed by atoms with E-state index in [-0.39, 0.29) is 16.9 Å². The number of rotatable bonds is 4. The van der Waals surface area contributed by atoms with Crippen LogP contribution in [0.1, 0.15) is 21.0 Å². The van der Waals surface area contributed by atoms with Crippen molar-refractivity contribution < 1.29 is 14.0 Å². The van der Waals surface area contributed by atoms with Crippen molar-refractivity contribution in [3.63, 3.8) is 0 Å². The van der Waals surface area contributed by atoms with Crippen molar-refractivity contribution in [2.75, 3.05) is 0 Å².